The highest BCUT2D eigenvalue weighted by Crippen LogP contribution is 2.22. The smallest absolute Gasteiger partial charge is 0.226 e. The van der Waals surface area contributed by atoms with Crippen LogP contribution in [0.1, 0.15) is 21.7 Å². The number of thiophene rings is 1. The van der Waals surface area contributed by atoms with Crippen molar-refractivity contribution in [3.8, 4) is 0 Å². The third-order valence-electron chi connectivity index (χ3n) is 3.64. The van der Waals surface area contributed by atoms with Crippen LogP contribution < -0.4 is 16.0 Å². The van der Waals surface area contributed by atoms with Crippen LogP contribution in [0.15, 0.2) is 35.3 Å². The monoisotopic (exact) mass is 506 g/mol. The van der Waals surface area contributed by atoms with Gasteiger partial charge in [-0.05, 0) is 43.7 Å². The number of rotatable bonds is 6. The predicted octanol–water partition coefficient (Wildman–Crippen LogP) is 4.33. The van der Waals surface area contributed by atoms with Crippen LogP contribution in [0.5, 0.6) is 0 Å². The van der Waals surface area contributed by atoms with E-state index in [4.69, 9.17) is 11.6 Å². The molecule has 1 amide bonds. The minimum Gasteiger partial charge on any atom is -0.356 e. The molecule has 5 nitrogen and oxygen atoms in total. The highest BCUT2D eigenvalue weighted by Gasteiger charge is 2.07. The molecule has 8 heteroatoms. The first kappa shape index (κ1) is 22.7. The predicted molar refractivity (Wildman–Crippen MR) is 122 cm³/mol. The van der Waals surface area contributed by atoms with Crippen molar-refractivity contribution in [3.05, 3.63) is 50.7 Å². The molecule has 0 bridgehead atoms. The fourth-order valence-corrected chi connectivity index (χ4v) is 3.23. The number of amides is 1. The Bertz CT molecular complexity index is 763. The Balaban J connectivity index is 0.00000338. The maximum atomic E-state index is 12.1. The molecule has 142 valence electrons. The molecule has 0 aliphatic carbocycles. The maximum Gasteiger partial charge on any atom is 0.226 e. The standard InChI is InChI=1S/C18H23ClN4OS.HI/c1-12-7-8-14(25-12)11-22-18(20-3)21-10-9-17(24)23-16-6-4-5-15(19)13(16)2;/h4-8H,9-11H2,1-3H3,(H,23,24)(H2,20,21,22);1H. The third kappa shape index (κ3) is 7.13. The zero-order valence-electron chi connectivity index (χ0n) is 15.1. The van der Waals surface area contributed by atoms with Gasteiger partial charge in [-0.25, -0.2) is 0 Å². The van der Waals surface area contributed by atoms with E-state index in [1.807, 2.05) is 19.1 Å². The molecule has 3 N–H and O–H groups in total. The zero-order valence-corrected chi connectivity index (χ0v) is 19.0. The second kappa shape index (κ2) is 11.4. The lowest BCUT2D eigenvalue weighted by Crippen LogP contribution is -2.38. The van der Waals surface area contributed by atoms with E-state index in [2.05, 4.69) is 40.0 Å². The summed E-state index contributed by atoms with van der Waals surface area (Å²) in [4.78, 5) is 18.8. The lowest BCUT2D eigenvalue weighted by molar-refractivity contribution is -0.116. The molecule has 0 atom stereocenters. The van der Waals surface area contributed by atoms with Crippen LogP contribution in [-0.4, -0.2) is 25.5 Å². The molecule has 0 aliphatic rings. The van der Waals surface area contributed by atoms with Crippen LogP contribution in [0.2, 0.25) is 5.02 Å². The molecule has 0 aliphatic heterocycles. The molecule has 1 aromatic carbocycles. The van der Waals surface area contributed by atoms with Crippen LogP contribution in [0.3, 0.4) is 0 Å². The number of carbonyl (C=O) groups excluding carboxylic acids is 1. The Morgan fingerprint density at radius 3 is 2.62 bits per heavy atom. The van der Waals surface area contributed by atoms with Gasteiger partial charge in [-0.2, -0.15) is 0 Å². The Labute approximate surface area is 180 Å². The van der Waals surface area contributed by atoms with Gasteiger partial charge in [-0.3, -0.25) is 9.79 Å². The van der Waals surface area contributed by atoms with Crippen LogP contribution in [0, 0.1) is 13.8 Å². The molecular formula is C18H24ClIN4OS. The van der Waals surface area contributed by atoms with E-state index in [-0.39, 0.29) is 29.9 Å². The van der Waals surface area contributed by atoms with Crippen LogP contribution in [0.25, 0.3) is 0 Å². The van der Waals surface area contributed by atoms with Crippen molar-refractivity contribution >= 4 is 64.5 Å². The molecule has 0 saturated heterocycles. The quantitative estimate of drug-likeness (QED) is 0.310. The van der Waals surface area contributed by atoms with Gasteiger partial charge in [0.25, 0.3) is 0 Å². The zero-order chi connectivity index (χ0) is 18.2. The van der Waals surface area contributed by atoms with Gasteiger partial charge in [0.1, 0.15) is 0 Å². The lowest BCUT2D eigenvalue weighted by atomic mass is 10.2. The Kier molecular flexibility index (Phi) is 9.97. The molecule has 2 aromatic rings. The summed E-state index contributed by atoms with van der Waals surface area (Å²) in [5, 5.41) is 9.91. The maximum absolute atomic E-state index is 12.1. The van der Waals surface area contributed by atoms with E-state index >= 15 is 0 Å². The largest absolute Gasteiger partial charge is 0.356 e. The van der Waals surface area contributed by atoms with Crippen molar-refractivity contribution in [1.82, 2.24) is 10.6 Å². The number of nitrogens with one attached hydrogen (secondary N) is 3. The van der Waals surface area contributed by atoms with E-state index in [1.165, 1.54) is 9.75 Å². The molecule has 0 radical (unpaired) electrons. The van der Waals surface area contributed by atoms with Crippen molar-refractivity contribution in [2.75, 3.05) is 18.9 Å². The summed E-state index contributed by atoms with van der Waals surface area (Å²) < 4.78 is 0. The molecule has 0 spiro atoms. The van der Waals surface area contributed by atoms with E-state index in [0.29, 0.717) is 30.5 Å². The average molecular weight is 507 g/mol. The fourth-order valence-electron chi connectivity index (χ4n) is 2.22. The summed E-state index contributed by atoms with van der Waals surface area (Å²) in [6, 6.07) is 9.66. The molecule has 0 fully saturated rings. The molecule has 1 aromatic heterocycles. The summed E-state index contributed by atoms with van der Waals surface area (Å²) in [5.41, 5.74) is 1.61. The third-order valence-corrected chi connectivity index (χ3v) is 5.05. The Morgan fingerprint density at radius 2 is 1.96 bits per heavy atom. The first-order valence-corrected chi connectivity index (χ1v) is 9.24. The van der Waals surface area contributed by atoms with Crippen LogP contribution >= 0.6 is 46.9 Å². The number of hydrogen-bond donors (Lipinski definition) is 3. The van der Waals surface area contributed by atoms with Crippen LogP contribution in [-0.2, 0) is 11.3 Å². The van der Waals surface area contributed by atoms with Gasteiger partial charge in [0.05, 0.1) is 6.54 Å². The second-order valence-electron chi connectivity index (χ2n) is 5.58. The Hall–Kier alpha value is -1.32. The minimum absolute atomic E-state index is 0. The van der Waals surface area contributed by atoms with Crippen molar-refractivity contribution in [3.63, 3.8) is 0 Å². The second-order valence-corrected chi connectivity index (χ2v) is 7.36. The van der Waals surface area contributed by atoms with Gasteiger partial charge in [-0.1, -0.05) is 17.7 Å². The first-order chi connectivity index (χ1) is 12.0. The van der Waals surface area contributed by atoms with E-state index in [0.717, 1.165) is 11.3 Å². The van der Waals surface area contributed by atoms with Crippen molar-refractivity contribution in [2.45, 2.75) is 26.8 Å². The Morgan fingerprint density at radius 1 is 1.19 bits per heavy atom. The number of hydrogen-bond acceptors (Lipinski definition) is 3. The SMILES string of the molecule is CN=C(NCCC(=O)Nc1cccc(Cl)c1C)NCc1ccc(C)s1.I. The topological polar surface area (TPSA) is 65.5 Å². The fraction of sp³-hybridized carbons (Fsp3) is 0.333. The number of aliphatic imine (C=N–C) groups is 1. The molecule has 1 heterocycles. The van der Waals surface area contributed by atoms with Gasteiger partial charge in [0.2, 0.25) is 5.91 Å². The van der Waals surface area contributed by atoms with Crippen molar-refractivity contribution in [1.29, 1.82) is 0 Å². The number of guanidine groups is 1. The number of aryl methyl sites for hydroxylation is 1. The van der Waals surface area contributed by atoms with Crippen molar-refractivity contribution < 1.29 is 4.79 Å². The van der Waals surface area contributed by atoms with E-state index < -0.39 is 0 Å². The van der Waals surface area contributed by atoms with E-state index in [9.17, 15) is 4.79 Å². The van der Waals surface area contributed by atoms with Crippen molar-refractivity contribution in [2.24, 2.45) is 4.99 Å². The summed E-state index contributed by atoms with van der Waals surface area (Å²) in [6.45, 7) is 5.18. The number of carbonyl (C=O) groups is 1. The van der Waals surface area contributed by atoms with Gasteiger partial charge >= 0.3 is 0 Å². The molecule has 26 heavy (non-hydrogen) atoms. The highest BCUT2D eigenvalue weighted by atomic mass is 127. The lowest BCUT2D eigenvalue weighted by Gasteiger charge is -2.12. The van der Waals surface area contributed by atoms with E-state index in [1.54, 1.807) is 24.5 Å². The summed E-state index contributed by atoms with van der Waals surface area (Å²) >= 11 is 7.81. The van der Waals surface area contributed by atoms with Crippen LogP contribution in [0.4, 0.5) is 5.69 Å². The molecule has 2 rings (SSSR count). The van der Waals surface area contributed by atoms with Gasteiger partial charge in [-0.15, -0.1) is 35.3 Å². The molecule has 0 saturated carbocycles. The normalized spacial score (nSPS) is 10.8. The number of nitrogens with zero attached hydrogens (tertiary/aromatic N) is 1. The summed E-state index contributed by atoms with van der Waals surface area (Å²) in [7, 11) is 1.71. The van der Waals surface area contributed by atoms with Gasteiger partial charge in [0.15, 0.2) is 5.96 Å². The van der Waals surface area contributed by atoms with Gasteiger partial charge in [0, 0.05) is 40.5 Å². The summed E-state index contributed by atoms with van der Waals surface area (Å²) in [5.74, 6) is 0.611. The average Bonchev–Trinajstić information content (AvgIpc) is 3.00. The number of benzene rings is 1. The number of anilines is 1. The molecule has 0 unspecified atom stereocenters. The summed E-state index contributed by atoms with van der Waals surface area (Å²) in [6.07, 6.45) is 0.338. The first-order valence-electron chi connectivity index (χ1n) is 8.04. The number of halogens is 2. The van der Waals surface area contributed by atoms with Gasteiger partial charge < -0.3 is 16.0 Å². The highest BCUT2D eigenvalue weighted by molar-refractivity contribution is 14.0. The molecular weight excluding hydrogens is 483 g/mol. The minimum atomic E-state index is -0.0674.